The topological polar surface area (TPSA) is 154 Å². The molecule has 0 saturated carbocycles. The van der Waals surface area contributed by atoms with Crippen LogP contribution in [0.3, 0.4) is 0 Å². The molecule has 0 aliphatic carbocycles. The monoisotopic (exact) mass is 684 g/mol. The maximum atomic E-state index is 14.4. The van der Waals surface area contributed by atoms with E-state index in [9.17, 15) is 28.7 Å². The van der Waals surface area contributed by atoms with Crippen LogP contribution < -0.4 is 27.2 Å². The Bertz CT molecular complexity index is 1940. The molecule has 1 atom stereocenters. The summed E-state index contributed by atoms with van der Waals surface area (Å²) in [4.78, 5) is 55.6. The number of fused-ring (bicyclic) bond motifs is 1. The number of anilines is 1. The third-order valence-electron chi connectivity index (χ3n) is 7.81. The number of rotatable bonds is 7. The van der Waals surface area contributed by atoms with Gasteiger partial charge >= 0.3 is 11.8 Å². The van der Waals surface area contributed by atoms with Gasteiger partial charge in [-0.05, 0) is 75.1 Å². The molecule has 258 valence electrons. The number of carbonyl (C=O) groups is 2. The molecule has 1 saturated heterocycles. The summed E-state index contributed by atoms with van der Waals surface area (Å²) in [5, 5.41) is 12.8. The number of hydrogen-bond acceptors (Lipinski definition) is 7. The van der Waals surface area contributed by atoms with Crippen LogP contribution in [0.15, 0.2) is 52.1 Å². The largest absolute Gasteiger partial charge is 0.508 e. The summed E-state index contributed by atoms with van der Waals surface area (Å²) < 4.78 is 23.6. The predicted octanol–water partition coefficient (Wildman–Crippen LogP) is 4.72. The van der Waals surface area contributed by atoms with E-state index in [1.54, 1.807) is 37.5 Å². The summed E-state index contributed by atoms with van der Waals surface area (Å²) in [7, 11) is 1.44. The summed E-state index contributed by atoms with van der Waals surface area (Å²) in [6.45, 7) is 9.66. The normalized spacial score (nSPS) is 14.8. The van der Waals surface area contributed by atoms with Gasteiger partial charge in [0, 0.05) is 31.2 Å². The molecule has 48 heavy (non-hydrogen) atoms. The second kappa shape index (κ2) is 14.5. The van der Waals surface area contributed by atoms with Gasteiger partial charge in [-0.15, -0.1) is 0 Å². The molecule has 4 N–H and O–H groups in total. The Morgan fingerprint density at radius 3 is 2.35 bits per heavy atom. The molecule has 3 heterocycles. The maximum absolute atomic E-state index is 14.4. The van der Waals surface area contributed by atoms with Gasteiger partial charge in [0.2, 0.25) is 0 Å². The summed E-state index contributed by atoms with van der Waals surface area (Å²) in [5.74, 6) is -1.16. The first-order chi connectivity index (χ1) is 22.6. The van der Waals surface area contributed by atoms with E-state index in [4.69, 9.17) is 22.1 Å². The number of nitrogens with zero attached hydrogens (tertiary/aromatic N) is 4. The Morgan fingerprint density at radius 1 is 1.06 bits per heavy atom. The van der Waals surface area contributed by atoms with Gasteiger partial charge in [0.25, 0.3) is 11.5 Å². The van der Waals surface area contributed by atoms with Gasteiger partial charge in [0.05, 0.1) is 18.6 Å². The first kappa shape index (κ1) is 36.1. The SMILES string of the molecule is CC.Cn1c(=O)n(Cc2ccc(O)cc2)c(=O)c2c1c(C(N)=O)c(N1CCC[C@@H](NC(=O)OC(C)(C)C)C1)n2Cc1cc(F)ccc1Cl. The number of aromatic hydroxyl groups is 1. The number of alkyl carbamates (subject to hydrolysis) is 1. The minimum atomic E-state index is -0.878. The van der Waals surface area contributed by atoms with Crippen LogP contribution in [0.1, 0.15) is 68.9 Å². The van der Waals surface area contributed by atoms with Crippen molar-refractivity contribution in [2.45, 2.75) is 72.2 Å². The molecule has 12 nitrogen and oxygen atoms in total. The number of aryl methyl sites for hydroxylation is 1. The van der Waals surface area contributed by atoms with E-state index in [1.165, 1.54) is 41.9 Å². The lowest BCUT2D eigenvalue weighted by Gasteiger charge is -2.36. The number of nitrogens with two attached hydrogens (primary N) is 1. The fraction of sp³-hybridized carbons (Fsp3) is 0.412. The lowest BCUT2D eigenvalue weighted by atomic mass is 10.1. The van der Waals surface area contributed by atoms with Gasteiger partial charge in [-0.25, -0.2) is 14.0 Å². The molecule has 1 fully saturated rings. The Kier molecular flexibility index (Phi) is 10.9. The van der Waals surface area contributed by atoms with E-state index >= 15 is 0 Å². The molecule has 0 bridgehead atoms. The highest BCUT2D eigenvalue weighted by molar-refractivity contribution is 6.31. The highest BCUT2D eigenvalue weighted by Crippen LogP contribution is 2.34. The zero-order valence-electron chi connectivity index (χ0n) is 28.0. The average Bonchev–Trinajstić information content (AvgIpc) is 3.36. The number of primary amides is 1. The molecule has 0 radical (unpaired) electrons. The number of piperidine rings is 1. The molecule has 5 rings (SSSR count). The average molecular weight is 685 g/mol. The lowest BCUT2D eigenvalue weighted by molar-refractivity contribution is 0.0499. The second-order valence-electron chi connectivity index (χ2n) is 12.4. The fourth-order valence-corrected chi connectivity index (χ4v) is 6.03. The fourth-order valence-electron chi connectivity index (χ4n) is 5.86. The highest BCUT2D eigenvalue weighted by atomic mass is 35.5. The molecule has 2 aromatic heterocycles. The quantitative estimate of drug-likeness (QED) is 0.255. The van der Waals surface area contributed by atoms with Crippen molar-refractivity contribution in [3.63, 3.8) is 0 Å². The number of halogens is 2. The number of carbonyl (C=O) groups excluding carboxylic acids is 2. The number of aromatic nitrogens is 3. The van der Waals surface area contributed by atoms with Crippen LogP contribution >= 0.6 is 11.6 Å². The molecule has 4 aromatic rings. The van der Waals surface area contributed by atoms with Crippen molar-refractivity contribution in [2.24, 2.45) is 12.8 Å². The number of nitrogens with one attached hydrogen (secondary N) is 1. The third-order valence-corrected chi connectivity index (χ3v) is 8.18. The van der Waals surface area contributed by atoms with Crippen molar-refractivity contribution >= 4 is 40.5 Å². The summed E-state index contributed by atoms with van der Waals surface area (Å²) in [6, 6.07) is 9.52. The summed E-state index contributed by atoms with van der Waals surface area (Å²) in [6.07, 6.45) is 0.626. The first-order valence-corrected chi connectivity index (χ1v) is 16.1. The van der Waals surface area contributed by atoms with Crippen LogP contribution in [0, 0.1) is 5.82 Å². The molecule has 1 aliphatic rings. The maximum Gasteiger partial charge on any atom is 0.407 e. The number of ether oxygens (including phenoxy) is 1. The number of phenolic OH excluding ortho intramolecular Hbond substituents is 1. The standard InChI is InChI=1S/C32H36ClFN6O6.C2H6/c1-32(2,3)46-30(44)36-21-6-5-13-38(17-21)28-24(27(35)42)25-26(39(28)16-19-14-20(34)9-12-23(19)33)29(43)40(31(45)37(25)4)15-18-7-10-22(41)11-8-18;1-2/h7-12,14,21,41H,5-6,13,15-17H2,1-4H3,(H2,35,42)(H,36,44);1-2H3/t21-;/m1./s1. The number of phenols is 1. The van der Waals surface area contributed by atoms with Gasteiger partial charge in [0.1, 0.15) is 34.1 Å². The molecule has 1 aliphatic heterocycles. The first-order valence-electron chi connectivity index (χ1n) is 15.8. The van der Waals surface area contributed by atoms with E-state index in [1.807, 2.05) is 18.7 Å². The van der Waals surface area contributed by atoms with Gasteiger partial charge < -0.3 is 30.4 Å². The van der Waals surface area contributed by atoms with Crippen LogP contribution in [-0.2, 0) is 24.9 Å². The van der Waals surface area contributed by atoms with Gasteiger partial charge in [-0.2, -0.15) is 0 Å². The predicted molar refractivity (Wildman–Crippen MR) is 184 cm³/mol. The minimum Gasteiger partial charge on any atom is -0.508 e. The second-order valence-corrected chi connectivity index (χ2v) is 12.8. The van der Waals surface area contributed by atoms with Crippen molar-refractivity contribution in [3.8, 4) is 5.75 Å². The molecule has 14 heteroatoms. The minimum absolute atomic E-state index is 0.00719. The van der Waals surface area contributed by atoms with E-state index < -0.39 is 34.7 Å². The van der Waals surface area contributed by atoms with Crippen LogP contribution in [0.4, 0.5) is 15.0 Å². The zero-order valence-corrected chi connectivity index (χ0v) is 28.7. The Morgan fingerprint density at radius 2 is 1.73 bits per heavy atom. The van der Waals surface area contributed by atoms with Crippen LogP contribution in [0.2, 0.25) is 5.02 Å². The number of amides is 2. The molecule has 0 spiro atoms. The Balaban J connectivity index is 0.00000255. The molecule has 2 aromatic carbocycles. The molecular weight excluding hydrogens is 643 g/mol. The number of benzene rings is 2. The van der Waals surface area contributed by atoms with Crippen molar-refractivity contribution < 1.29 is 23.8 Å². The molecular formula is C34H42ClFN6O6. The van der Waals surface area contributed by atoms with Gasteiger partial charge in [-0.3, -0.25) is 18.7 Å². The third kappa shape index (κ3) is 7.67. The Hall–Kier alpha value is -4.78. The van der Waals surface area contributed by atoms with E-state index in [-0.39, 0.29) is 58.9 Å². The van der Waals surface area contributed by atoms with Crippen LogP contribution in [0.25, 0.3) is 11.0 Å². The van der Waals surface area contributed by atoms with Crippen molar-refractivity contribution in [1.82, 2.24) is 19.0 Å². The van der Waals surface area contributed by atoms with Crippen molar-refractivity contribution in [2.75, 3.05) is 18.0 Å². The molecule has 2 amide bonds. The van der Waals surface area contributed by atoms with Crippen LogP contribution in [0.5, 0.6) is 5.75 Å². The van der Waals surface area contributed by atoms with E-state index in [0.29, 0.717) is 30.5 Å². The van der Waals surface area contributed by atoms with Crippen molar-refractivity contribution in [1.29, 1.82) is 0 Å². The molecule has 0 unspecified atom stereocenters. The number of hydrogen-bond donors (Lipinski definition) is 3. The smallest absolute Gasteiger partial charge is 0.407 e. The van der Waals surface area contributed by atoms with E-state index in [2.05, 4.69) is 5.32 Å². The van der Waals surface area contributed by atoms with Gasteiger partial charge in [0.15, 0.2) is 0 Å². The lowest BCUT2D eigenvalue weighted by Crippen LogP contribution is -2.49. The van der Waals surface area contributed by atoms with Crippen LogP contribution in [-0.4, -0.2) is 55.5 Å². The van der Waals surface area contributed by atoms with E-state index in [0.717, 1.165) is 4.57 Å². The Labute approximate surface area is 282 Å². The highest BCUT2D eigenvalue weighted by Gasteiger charge is 2.33. The van der Waals surface area contributed by atoms with Gasteiger partial charge in [-0.1, -0.05) is 37.6 Å². The summed E-state index contributed by atoms with van der Waals surface area (Å²) in [5.41, 5.74) is 4.73. The summed E-state index contributed by atoms with van der Waals surface area (Å²) >= 11 is 6.48. The zero-order chi connectivity index (χ0) is 35.5. The van der Waals surface area contributed by atoms with Crippen molar-refractivity contribution in [3.05, 3.63) is 90.8 Å².